The number of hydrogen-bond donors (Lipinski definition) is 1. The molecule has 3 nitrogen and oxygen atoms in total. The van der Waals surface area contributed by atoms with E-state index in [4.69, 9.17) is 4.74 Å². The van der Waals surface area contributed by atoms with Crippen LogP contribution in [0.2, 0.25) is 0 Å². The second-order valence-corrected chi connectivity index (χ2v) is 2.83. The van der Waals surface area contributed by atoms with E-state index in [9.17, 15) is 4.79 Å². The monoisotopic (exact) mass is 143 g/mol. The molecule has 0 aliphatic carbocycles. The van der Waals surface area contributed by atoms with Crippen LogP contribution in [0.25, 0.3) is 0 Å². The van der Waals surface area contributed by atoms with Gasteiger partial charge in [-0.2, -0.15) is 0 Å². The molecule has 58 valence electrons. The van der Waals surface area contributed by atoms with E-state index in [2.05, 4.69) is 5.32 Å². The summed E-state index contributed by atoms with van der Waals surface area (Å²) in [6.45, 7) is 4.61. The summed E-state index contributed by atoms with van der Waals surface area (Å²) in [5, 5.41) is 3.12. The molecule has 1 atom stereocenters. The molecule has 3 heteroatoms. The predicted molar refractivity (Wildman–Crippen MR) is 37.6 cm³/mol. The highest BCUT2D eigenvalue weighted by Crippen LogP contribution is 2.05. The zero-order valence-corrected chi connectivity index (χ0v) is 6.39. The zero-order chi connectivity index (χ0) is 7.56. The standard InChI is InChI=1S/C7H13NO2/c1-5(2)8-6-3-4-10-7(6)9/h5-6,8H,3-4H2,1-2H3. The molecule has 1 aliphatic heterocycles. The first kappa shape index (κ1) is 7.54. The summed E-state index contributed by atoms with van der Waals surface area (Å²) >= 11 is 0. The molecule has 0 aromatic heterocycles. The summed E-state index contributed by atoms with van der Waals surface area (Å²) in [6.07, 6.45) is 0.816. The quantitative estimate of drug-likeness (QED) is 0.565. The first-order chi connectivity index (χ1) is 4.70. The maximum absolute atomic E-state index is 10.8. The van der Waals surface area contributed by atoms with Crippen molar-refractivity contribution in [3.8, 4) is 0 Å². The Kier molecular flexibility index (Phi) is 2.27. The fourth-order valence-electron chi connectivity index (χ4n) is 1.05. The van der Waals surface area contributed by atoms with Crippen molar-refractivity contribution in [3.05, 3.63) is 0 Å². The third-order valence-electron chi connectivity index (χ3n) is 1.47. The molecule has 0 saturated carbocycles. The number of ether oxygens (including phenoxy) is 1. The highest BCUT2D eigenvalue weighted by atomic mass is 16.5. The van der Waals surface area contributed by atoms with Gasteiger partial charge in [0.05, 0.1) is 6.61 Å². The van der Waals surface area contributed by atoms with E-state index >= 15 is 0 Å². The first-order valence-electron chi connectivity index (χ1n) is 3.63. The largest absolute Gasteiger partial charge is 0.464 e. The number of carbonyl (C=O) groups excluding carboxylic acids is 1. The van der Waals surface area contributed by atoms with E-state index in [1.165, 1.54) is 0 Å². The lowest BCUT2D eigenvalue weighted by molar-refractivity contribution is -0.139. The summed E-state index contributed by atoms with van der Waals surface area (Å²) < 4.78 is 4.76. The Morgan fingerprint density at radius 2 is 2.40 bits per heavy atom. The van der Waals surface area contributed by atoms with Gasteiger partial charge in [-0.1, -0.05) is 13.8 Å². The van der Waals surface area contributed by atoms with Gasteiger partial charge in [-0.15, -0.1) is 0 Å². The molecule has 0 aromatic rings. The van der Waals surface area contributed by atoms with Crippen LogP contribution in [0.3, 0.4) is 0 Å². The first-order valence-corrected chi connectivity index (χ1v) is 3.63. The van der Waals surface area contributed by atoms with Crippen LogP contribution < -0.4 is 5.32 Å². The number of esters is 1. The molecule has 1 saturated heterocycles. The minimum absolute atomic E-state index is 0.0556. The lowest BCUT2D eigenvalue weighted by Crippen LogP contribution is -2.37. The minimum Gasteiger partial charge on any atom is -0.464 e. The van der Waals surface area contributed by atoms with Gasteiger partial charge in [-0.3, -0.25) is 4.79 Å². The van der Waals surface area contributed by atoms with Gasteiger partial charge >= 0.3 is 5.97 Å². The third-order valence-corrected chi connectivity index (χ3v) is 1.47. The van der Waals surface area contributed by atoms with Crippen molar-refractivity contribution in [2.24, 2.45) is 0 Å². The molecular formula is C7H13NO2. The Labute approximate surface area is 60.7 Å². The van der Waals surface area contributed by atoms with Crippen molar-refractivity contribution in [3.63, 3.8) is 0 Å². The van der Waals surface area contributed by atoms with Gasteiger partial charge in [0.25, 0.3) is 0 Å². The number of hydrogen-bond acceptors (Lipinski definition) is 3. The van der Waals surface area contributed by atoms with Crippen molar-refractivity contribution in [2.75, 3.05) is 6.61 Å². The van der Waals surface area contributed by atoms with Crippen LogP contribution in [0, 0.1) is 0 Å². The van der Waals surface area contributed by atoms with Gasteiger partial charge in [-0.25, -0.2) is 0 Å². The van der Waals surface area contributed by atoms with E-state index in [0.717, 1.165) is 6.42 Å². The fraction of sp³-hybridized carbons (Fsp3) is 0.857. The van der Waals surface area contributed by atoms with Crippen LogP contribution >= 0.6 is 0 Å². The van der Waals surface area contributed by atoms with E-state index in [1.54, 1.807) is 0 Å². The molecule has 0 bridgehead atoms. The summed E-state index contributed by atoms with van der Waals surface area (Å²) in [6, 6.07) is 0.302. The zero-order valence-electron chi connectivity index (χ0n) is 6.39. The molecule has 0 amide bonds. The average Bonchev–Trinajstić information content (AvgIpc) is 2.15. The van der Waals surface area contributed by atoms with Crippen molar-refractivity contribution < 1.29 is 9.53 Å². The molecule has 0 spiro atoms. The van der Waals surface area contributed by atoms with E-state index in [1.807, 2.05) is 13.8 Å². The summed E-state index contributed by atoms with van der Waals surface area (Å²) in [5.74, 6) is -0.103. The predicted octanol–water partition coefficient (Wildman–Crippen LogP) is 0.300. The molecule has 1 heterocycles. The van der Waals surface area contributed by atoms with Gasteiger partial charge < -0.3 is 10.1 Å². The van der Waals surface area contributed by atoms with Crippen LogP contribution in [-0.2, 0) is 9.53 Å². The van der Waals surface area contributed by atoms with Crippen molar-refractivity contribution >= 4 is 5.97 Å². The van der Waals surface area contributed by atoms with Crippen LogP contribution in [-0.4, -0.2) is 24.7 Å². The lowest BCUT2D eigenvalue weighted by Gasteiger charge is -2.10. The van der Waals surface area contributed by atoms with Crippen molar-refractivity contribution in [1.82, 2.24) is 5.32 Å². The second-order valence-electron chi connectivity index (χ2n) is 2.83. The number of nitrogens with one attached hydrogen (secondary N) is 1. The van der Waals surface area contributed by atoms with Gasteiger partial charge in [0, 0.05) is 12.5 Å². The summed E-state index contributed by atoms with van der Waals surface area (Å²) in [4.78, 5) is 10.8. The second kappa shape index (κ2) is 3.01. The maximum atomic E-state index is 10.8. The minimum atomic E-state index is -0.103. The van der Waals surface area contributed by atoms with E-state index in [0.29, 0.717) is 12.6 Å². The molecule has 1 fully saturated rings. The molecular weight excluding hydrogens is 130 g/mol. The Morgan fingerprint density at radius 1 is 1.70 bits per heavy atom. The Hall–Kier alpha value is -0.570. The average molecular weight is 143 g/mol. The van der Waals surface area contributed by atoms with Crippen LogP contribution in [0.15, 0.2) is 0 Å². The molecule has 1 N–H and O–H groups in total. The number of cyclic esters (lactones) is 1. The molecule has 1 rings (SSSR count). The molecule has 0 radical (unpaired) electrons. The van der Waals surface area contributed by atoms with Crippen molar-refractivity contribution in [2.45, 2.75) is 32.4 Å². The van der Waals surface area contributed by atoms with Crippen LogP contribution in [0.4, 0.5) is 0 Å². The highest BCUT2D eigenvalue weighted by molar-refractivity contribution is 5.77. The highest BCUT2D eigenvalue weighted by Gasteiger charge is 2.26. The number of carbonyl (C=O) groups is 1. The number of rotatable bonds is 2. The van der Waals surface area contributed by atoms with Gasteiger partial charge in [-0.05, 0) is 0 Å². The van der Waals surface area contributed by atoms with E-state index < -0.39 is 0 Å². The molecule has 10 heavy (non-hydrogen) atoms. The smallest absolute Gasteiger partial charge is 0.323 e. The molecule has 0 aromatic carbocycles. The topological polar surface area (TPSA) is 38.3 Å². The summed E-state index contributed by atoms with van der Waals surface area (Å²) in [7, 11) is 0. The normalized spacial score (nSPS) is 25.5. The molecule has 1 unspecified atom stereocenters. The molecule has 1 aliphatic rings. The van der Waals surface area contributed by atoms with E-state index in [-0.39, 0.29) is 12.0 Å². The van der Waals surface area contributed by atoms with Crippen LogP contribution in [0.5, 0.6) is 0 Å². The third kappa shape index (κ3) is 1.70. The Bertz CT molecular complexity index is 134. The van der Waals surface area contributed by atoms with Gasteiger partial charge in [0.2, 0.25) is 0 Å². The maximum Gasteiger partial charge on any atom is 0.323 e. The lowest BCUT2D eigenvalue weighted by atomic mass is 10.2. The van der Waals surface area contributed by atoms with Gasteiger partial charge in [0.1, 0.15) is 6.04 Å². The SMILES string of the molecule is CC(C)NC1CCOC1=O. The summed E-state index contributed by atoms with van der Waals surface area (Å²) in [5.41, 5.74) is 0. The fourth-order valence-corrected chi connectivity index (χ4v) is 1.05. The van der Waals surface area contributed by atoms with Crippen molar-refractivity contribution in [1.29, 1.82) is 0 Å². The van der Waals surface area contributed by atoms with Crippen LogP contribution in [0.1, 0.15) is 20.3 Å². The Morgan fingerprint density at radius 3 is 2.80 bits per heavy atom. The van der Waals surface area contributed by atoms with Gasteiger partial charge in [0.15, 0.2) is 0 Å². The Balaban J connectivity index is 2.33.